The summed E-state index contributed by atoms with van der Waals surface area (Å²) in [7, 11) is -3.57. The van der Waals surface area contributed by atoms with Crippen LogP contribution in [0.1, 0.15) is 6.92 Å². The van der Waals surface area contributed by atoms with Crippen LogP contribution in [0, 0.1) is 0 Å². The van der Waals surface area contributed by atoms with Gasteiger partial charge in [-0.1, -0.05) is 42.5 Å². The van der Waals surface area contributed by atoms with Gasteiger partial charge in [-0.25, -0.2) is 12.7 Å². The number of anilines is 1. The molecule has 0 amide bonds. The summed E-state index contributed by atoms with van der Waals surface area (Å²) in [5.74, 6) is 0. The highest BCUT2D eigenvalue weighted by Gasteiger charge is 2.22. The van der Waals surface area contributed by atoms with E-state index in [1.807, 2.05) is 18.2 Å². The van der Waals surface area contributed by atoms with Crippen molar-refractivity contribution >= 4 is 15.7 Å². The Morgan fingerprint density at radius 2 is 1.42 bits per heavy atom. The predicted molar refractivity (Wildman–Crippen MR) is 77.4 cm³/mol. The van der Waals surface area contributed by atoms with E-state index in [0.29, 0.717) is 5.69 Å². The standard InChI is InChI=1S/C15H15NO2S/c1-2-13-16(14-9-5-3-6-10-14)19(17,18)15-11-7-4-8-12-15/h2-13H,1H3/b13-2-. The highest BCUT2D eigenvalue weighted by atomic mass is 32.2. The van der Waals surface area contributed by atoms with Gasteiger partial charge in [0.25, 0.3) is 10.0 Å². The number of nitrogens with zero attached hydrogens (tertiary/aromatic N) is 1. The number of hydrogen-bond donors (Lipinski definition) is 0. The Labute approximate surface area is 113 Å². The molecule has 0 N–H and O–H groups in total. The van der Waals surface area contributed by atoms with Crippen LogP contribution in [-0.2, 0) is 10.0 Å². The average molecular weight is 273 g/mol. The molecular weight excluding hydrogens is 258 g/mol. The fourth-order valence-corrected chi connectivity index (χ4v) is 3.13. The molecule has 0 aliphatic heterocycles. The molecule has 2 aromatic rings. The molecular formula is C15H15NO2S. The van der Waals surface area contributed by atoms with Crippen molar-refractivity contribution in [2.24, 2.45) is 0 Å². The van der Waals surface area contributed by atoms with Crippen LogP contribution in [0.25, 0.3) is 0 Å². The maximum Gasteiger partial charge on any atom is 0.268 e. The Hall–Kier alpha value is -2.07. The van der Waals surface area contributed by atoms with Crippen molar-refractivity contribution in [1.29, 1.82) is 0 Å². The number of allylic oxidation sites excluding steroid dienone is 1. The molecule has 0 heterocycles. The Balaban J connectivity index is 2.52. The molecule has 19 heavy (non-hydrogen) atoms. The largest absolute Gasteiger partial charge is 0.268 e. The molecule has 3 nitrogen and oxygen atoms in total. The third kappa shape index (κ3) is 2.85. The van der Waals surface area contributed by atoms with Gasteiger partial charge in [-0.3, -0.25) is 0 Å². The van der Waals surface area contributed by atoms with E-state index in [0.717, 1.165) is 0 Å². The molecule has 4 heteroatoms. The van der Waals surface area contributed by atoms with Crippen LogP contribution in [0.15, 0.2) is 77.8 Å². The molecule has 2 rings (SSSR count). The zero-order valence-corrected chi connectivity index (χ0v) is 11.4. The number of sulfonamides is 1. The Morgan fingerprint density at radius 3 is 1.95 bits per heavy atom. The van der Waals surface area contributed by atoms with Crippen molar-refractivity contribution < 1.29 is 8.42 Å². The van der Waals surface area contributed by atoms with Crippen molar-refractivity contribution in [3.63, 3.8) is 0 Å². The van der Waals surface area contributed by atoms with Crippen molar-refractivity contribution in [2.45, 2.75) is 11.8 Å². The number of rotatable bonds is 4. The minimum absolute atomic E-state index is 0.275. The van der Waals surface area contributed by atoms with Gasteiger partial charge in [0.05, 0.1) is 10.6 Å². The van der Waals surface area contributed by atoms with Gasteiger partial charge in [-0.05, 0) is 31.2 Å². The van der Waals surface area contributed by atoms with E-state index in [4.69, 9.17) is 0 Å². The third-order valence-corrected chi connectivity index (χ3v) is 4.31. The molecule has 0 bridgehead atoms. The lowest BCUT2D eigenvalue weighted by Crippen LogP contribution is -2.25. The van der Waals surface area contributed by atoms with Crippen LogP contribution in [0.4, 0.5) is 5.69 Å². The highest BCUT2D eigenvalue weighted by Crippen LogP contribution is 2.23. The number of hydrogen-bond acceptors (Lipinski definition) is 2. The van der Waals surface area contributed by atoms with Gasteiger partial charge in [0.15, 0.2) is 0 Å². The maximum atomic E-state index is 12.6. The molecule has 0 aliphatic rings. The van der Waals surface area contributed by atoms with Crippen molar-refractivity contribution in [3.8, 4) is 0 Å². The second-order valence-electron chi connectivity index (χ2n) is 3.93. The maximum absolute atomic E-state index is 12.6. The summed E-state index contributed by atoms with van der Waals surface area (Å²) in [6.45, 7) is 1.79. The summed E-state index contributed by atoms with van der Waals surface area (Å²) < 4.78 is 26.5. The summed E-state index contributed by atoms with van der Waals surface area (Å²) >= 11 is 0. The lowest BCUT2D eigenvalue weighted by Gasteiger charge is -2.20. The van der Waals surface area contributed by atoms with Gasteiger partial charge in [0, 0.05) is 6.20 Å². The van der Waals surface area contributed by atoms with Crippen molar-refractivity contribution in [2.75, 3.05) is 4.31 Å². The first-order valence-electron chi connectivity index (χ1n) is 5.93. The summed E-state index contributed by atoms with van der Waals surface area (Å²) in [5.41, 5.74) is 0.615. The van der Waals surface area contributed by atoms with Crippen molar-refractivity contribution in [3.05, 3.63) is 72.9 Å². The summed E-state index contributed by atoms with van der Waals surface area (Å²) in [4.78, 5) is 0.275. The SMILES string of the molecule is C/C=C\N(c1ccccc1)S(=O)(=O)c1ccccc1. The first-order chi connectivity index (χ1) is 9.16. The molecule has 0 radical (unpaired) electrons. The molecule has 0 aliphatic carbocycles. The Bertz CT molecular complexity index is 649. The van der Waals surface area contributed by atoms with Gasteiger partial charge < -0.3 is 0 Å². The fraction of sp³-hybridized carbons (Fsp3) is 0.0667. The van der Waals surface area contributed by atoms with Gasteiger partial charge >= 0.3 is 0 Å². The Kier molecular flexibility index (Phi) is 4.02. The minimum atomic E-state index is -3.57. The average Bonchev–Trinajstić information content (AvgIpc) is 2.46. The molecule has 0 saturated heterocycles. The second-order valence-corrected chi connectivity index (χ2v) is 5.75. The molecule has 0 aromatic heterocycles. The lowest BCUT2D eigenvalue weighted by molar-refractivity contribution is 0.596. The van der Waals surface area contributed by atoms with E-state index in [2.05, 4.69) is 0 Å². The van der Waals surface area contributed by atoms with Crippen LogP contribution in [0.5, 0.6) is 0 Å². The molecule has 0 unspecified atom stereocenters. The highest BCUT2D eigenvalue weighted by molar-refractivity contribution is 7.93. The van der Waals surface area contributed by atoms with Crippen LogP contribution in [0.3, 0.4) is 0 Å². The normalized spacial score (nSPS) is 11.6. The van der Waals surface area contributed by atoms with Crippen LogP contribution in [0.2, 0.25) is 0 Å². The molecule has 0 atom stereocenters. The molecule has 0 saturated carbocycles. The first kappa shape index (κ1) is 13.4. The van der Waals surface area contributed by atoms with Gasteiger partial charge in [-0.15, -0.1) is 0 Å². The zero-order valence-electron chi connectivity index (χ0n) is 10.6. The third-order valence-electron chi connectivity index (χ3n) is 2.60. The quantitative estimate of drug-likeness (QED) is 0.856. The van der Waals surface area contributed by atoms with E-state index in [1.165, 1.54) is 4.31 Å². The van der Waals surface area contributed by atoms with E-state index in [-0.39, 0.29) is 4.90 Å². The Morgan fingerprint density at radius 1 is 0.895 bits per heavy atom. The molecule has 2 aromatic carbocycles. The number of para-hydroxylation sites is 1. The number of benzene rings is 2. The topological polar surface area (TPSA) is 37.4 Å². The smallest absolute Gasteiger partial charge is 0.242 e. The van der Waals surface area contributed by atoms with E-state index >= 15 is 0 Å². The van der Waals surface area contributed by atoms with Gasteiger partial charge in [-0.2, -0.15) is 0 Å². The lowest BCUT2D eigenvalue weighted by atomic mass is 10.3. The van der Waals surface area contributed by atoms with Crippen molar-refractivity contribution in [1.82, 2.24) is 0 Å². The molecule has 0 fully saturated rings. The fourth-order valence-electron chi connectivity index (χ4n) is 1.72. The van der Waals surface area contributed by atoms with E-state index in [1.54, 1.807) is 61.7 Å². The monoisotopic (exact) mass is 273 g/mol. The van der Waals surface area contributed by atoms with E-state index in [9.17, 15) is 8.42 Å². The minimum Gasteiger partial charge on any atom is -0.242 e. The van der Waals surface area contributed by atoms with Crippen LogP contribution in [-0.4, -0.2) is 8.42 Å². The van der Waals surface area contributed by atoms with Gasteiger partial charge in [0.2, 0.25) is 0 Å². The zero-order chi connectivity index (χ0) is 13.7. The molecule has 0 spiro atoms. The van der Waals surface area contributed by atoms with Gasteiger partial charge in [0.1, 0.15) is 0 Å². The molecule has 98 valence electrons. The summed E-state index contributed by atoms with van der Waals surface area (Å²) in [5, 5.41) is 0. The summed E-state index contributed by atoms with van der Waals surface area (Å²) in [6, 6.07) is 17.4. The van der Waals surface area contributed by atoms with E-state index < -0.39 is 10.0 Å². The van der Waals surface area contributed by atoms with Crippen LogP contribution >= 0.6 is 0 Å². The van der Waals surface area contributed by atoms with Crippen LogP contribution < -0.4 is 4.31 Å². The second kappa shape index (κ2) is 5.71. The first-order valence-corrected chi connectivity index (χ1v) is 7.37. The predicted octanol–water partition coefficient (Wildman–Crippen LogP) is 3.42. The summed E-state index contributed by atoms with van der Waals surface area (Å²) in [6.07, 6.45) is 3.26.